The van der Waals surface area contributed by atoms with Crippen molar-refractivity contribution >= 4 is 7.82 Å². The second kappa shape index (κ2) is 8.75. The minimum Gasteiger partial charge on any atom is -0.790 e. The van der Waals surface area contributed by atoms with Gasteiger partial charge in [0.05, 0.1) is 7.82 Å². The Bertz CT molecular complexity index is 561. The molecule has 0 atom stereocenters. The van der Waals surface area contributed by atoms with Crippen molar-refractivity contribution in [3.05, 3.63) is 60.2 Å². The number of phosphoric acid groups is 1. The molecule has 0 radical (unpaired) electrons. The van der Waals surface area contributed by atoms with Crippen LogP contribution in [-0.2, 0) is 15.5 Å². The molecule has 0 spiro atoms. The van der Waals surface area contributed by atoms with Gasteiger partial charge in [0.15, 0.2) is 0 Å². The van der Waals surface area contributed by atoms with Crippen molar-refractivity contribution in [1.82, 2.24) is 0 Å². The van der Waals surface area contributed by atoms with Crippen LogP contribution in [0.3, 0.4) is 0 Å². The zero-order valence-electron chi connectivity index (χ0n) is 12.2. The molecule has 21 heavy (non-hydrogen) atoms. The second-order valence-electron chi connectivity index (χ2n) is 4.44. The van der Waals surface area contributed by atoms with Crippen LogP contribution >= 0.6 is 7.82 Å². The maximum atomic E-state index is 9.25. The second-order valence-corrected chi connectivity index (χ2v) is 5.70. The van der Waals surface area contributed by atoms with Gasteiger partial charge in [0, 0.05) is 7.11 Å². The molecule has 0 N–H and O–H groups in total. The standard InChI is InChI=1S/C15H16.CH5O4P/c1-2-6-13-9-11-15(12-10-13)14-7-4-3-5-8-14;1-5-6(2,3)4/h3-5,7-12H,2,6H2,1H3;1H3,(H2,2,3,4)/p-2. The Labute approximate surface area is 125 Å². The van der Waals surface area contributed by atoms with Gasteiger partial charge in [-0.3, -0.25) is 0 Å². The first-order valence-electron chi connectivity index (χ1n) is 6.68. The first-order valence-corrected chi connectivity index (χ1v) is 8.14. The van der Waals surface area contributed by atoms with Gasteiger partial charge in [0.1, 0.15) is 0 Å². The number of aryl methyl sites for hydroxylation is 1. The predicted molar refractivity (Wildman–Crippen MR) is 80.5 cm³/mol. The first-order chi connectivity index (χ1) is 9.96. The van der Waals surface area contributed by atoms with E-state index < -0.39 is 7.82 Å². The number of benzene rings is 2. The van der Waals surface area contributed by atoms with E-state index in [1.54, 1.807) is 0 Å². The van der Waals surface area contributed by atoms with Gasteiger partial charge in [-0.15, -0.1) is 0 Å². The van der Waals surface area contributed by atoms with Crippen LogP contribution in [0.1, 0.15) is 18.9 Å². The van der Waals surface area contributed by atoms with Gasteiger partial charge < -0.3 is 18.9 Å². The summed E-state index contributed by atoms with van der Waals surface area (Å²) in [6, 6.07) is 19.4. The van der Waals surface area contributed by atoms with E-state index in [0.717, 1.165) is 7.11 Å². The van der Waals surface area contributed by atoms with Gasteiger partial charge in [0.25, 0.3) is 0 Å². The smallest absolute Gasteiger partial charge is 0.0592 e. The van der Waals surface area contributed by atoms with Crippen LogP contribution in [0.25, 0.3) is 11.1 Å². The van der Waals surface area contributed by atoms with Gasteiger partial charge >= 0.3 is 0 Å². The average Bonchev–Trinajstić information content (AvgIpc) is 2.49. The van der Waals surface area contributed by atoms with Gasteiger partial charge in [-0.1, -0.05) is 67.9 Å². The fourth-order valence-electron chi connectivity index (χ4n) is 1.78. The van der Waals surface area contributed by atoms with Crippen molar-refractivity contribution < 1.29 is 18.9 Å². The van der Waals surface area contributed by atoms with Crippen LogP contribution in [0.5, 0.6) is 0 Å². The first kappa shape index (κ1) is 17.6. The lowest BCUT2D eigenvalue weighted by molar-refractivity contribution is -0.339. The normalized spacial score (nSPS) is 10.7. The Kier molecular flexibility index (Phi) is 7.34. The average molecular weight is 306 g/mol. The van der Waals surface area contributed by atoms with Gasteiger partial charge in [-0.05, 0) is 23.1 Å². The van der Waals surface area contributed by atoms with Crippen LogP contribution < -0.4 is 9.79 Å². The molecule has 2 aromatic rings. The lowest BCUT2D eigenvalue weighted by Crippen LogP contribution is -2.14. The molecule has 0 unspecified atom stereocenters. The minimum atomic E-state index is -4.65. The van der Waals surface area contributed by atoms with E-state index >= 15 is 0 Å². The van der Waals surface area contributed by atoms with E-state index in [4.69, 9.17) is 0 Å². The van der Waals surface area contributed by atoms with Crippen molar-refractivity contribution in [1.29, 1.82) is 0 Å². The Morgan fingerprint density at radius 2 is 1.43 bits per heavy atom. The molecule has 114 valence electrons. The molecule has 0 amide bonds. The van der Waals surface area contributed by atoms with E-state index in [1.807, 2.05) is 0 Å². The fraction of sp³-hybridized carbons (Fsp3) is 0.250. The number of hydrogen-bond acceptors (Lipinski definition) is 4. The Balaban J connectivity index is 0.000000315. The number of rotatable bonds is 4. The maximum absolute atomic E-state index is 9.25. The number of phosphoric ester groups is 1. The molecular formula is C16H19O4P-2. The largest absolute Gasteiger partial charge is 0.790 e. The summed E-state index contributed by atoms with van der Waals surface area (Å²) in [7, 11) is -3.83. The Morgan fingerprint density at radius 3 is 1.86 bits per heavy atom. The summed E-state index contributed by atoms with van der Waals surface area (Å²) in [6.07, 6.45) is 2.39. The Morgan fingerprint density at radius 1 is 0.952 bits per heavy atom. The minimum absolute atomic E-state index is 0.820. The highest BCUT2D eigenvalue weighted by Gasteiger charge is 1.96. The monoisotopic (exact) mass is 306 g/mol. The van der Waals surface area contributed by atoms with Crippen molar-refractivity contribution in [2.24, 2.45) is 0 Å². The van der Waals surface area contributed by atoms with Crippen molar-refractivity contribution in [2.75, 3.05) is 7.11 Å². The maximum Gasteiger partial charge on any atom is 0.0592 e. The molecule has 4 nitrogen and oxygen atoms in total. The molecule has 0 bridgehead atoms. The quantitative estimate of drug-likeness (QED) is 0.814. The van der Waals surface area contributed by atoms with Crippen molar-refractivity contribution in [2.45, 2.75) is 19.8 Å². The molecule has 2 rings (SSSR count). The summed E-state index contributed by atoms with van der Waals surface area (Å²) in [5.74, 6) is 0. The molecule has 0 saturated carbocycles. The zero-order valence-corrected chi connectivity index (χ0v) is 13.1. The van der Waals surface area contributed by atoms with Crippen LogP contribution in [0.4, 0.5) is 0 Å². The molecule has 0 aromatic heterocycles. The van der Waals surface area contributed by atoms with E-state index in [9.17, 15) is 14.4 Å². The third kappa shape index (κ3) is 7.21. The zero-order chi connectivity index (χ0) is 15.7. The van der Waals surface area contributed by atoms with Gasteiger partial charge in [-0.2, -0.15) is 0 Å². The molecule has 0 aliphatic rings. The summed E-state index contributed by atoms with van der Waals surface area (Å²) in [6.45, 7) is 2.21. The van der Waals surface area contributed by atoms with E-state index in [1.165, 1.54) is 29.5 Å². The van der Waals surface area contributed by atoms with Crippen molar-refractivity contribution in [3.8, 4) is 11.1 Å². The highest BCUT2D eigenvalue weighted by atomic mass is 31.2. The highest BCUT2D eigenvalue weighted by Crippen LogP contribution is 2.21. The van der Waals surface area contributed by atoms with E-state index in [0.29, 0.717) is 0 Å². The Hall–Kier alpha value is -1.45. The predicted octanol–water partition coefficient (Wildman–Crippen LogP) is 2.77. The third-order valence-electron chi connectivity index (χ3n) is 2.82. The van der Waals surface area contributed by atoms with Crippen LogP contribution in [0, 0.1) is 0 Å². The molecule has 5 heteroatoms. The summed E-state index contributed by atoms with van der Waals surface area (Å²) < 4.78 is 12.6. The molecule has 2 aromatic carbocycles. The number of hydrogen-bond donors (Lipinski definition) is 0. The molecule has 0 saturated heterocycles. The highest BCUT2D eigenvalue weighted by molar-refractivity contribution is 7.43. The fourth-order valence-corrected chi connectivity index (χ4v) is 1.78. The lowest BCUT2D eigenvalue weighted by Gasteiger charge is -2.25. The summed E-state index contributed by atoms with van der Waals surface area (Å²) in [5.41, 5.74) is 4.02. The van der Waals surface area contributed by atoms with E-state index in [2.05, 4.69) is 66.0 Å². The van der Waals surface area contributed by atoms with Gasteiger partial charge in [0.2, 0.25) is 0 Å². The molecule has 0 aliphatic heterocycles. The summed E-state index contributed by atoms with van der Waals surface area (Å²) in [5, 5.41) is 0. The van der Waals surface area contributed by atoms with Gasteiger partial charge in [-0.25, -0.2) is 0 Å². The molecular weight excluding hydrogens is 287 g/mol. The van der Waals surface area contributed by atoms with Crippen LogP contribution in [-0.4, -0.2) is 7.11 Å². The molecule has 0 aliphatic carbocycles. The molecule has 0 heterocycles. The SMILES string of the molecule is CCCc1ccc(-c2ccccc2)cc1.COP(=O)([O-])[O-]. The third-order valence-corrected chi connectivity index (χ3v) is 3.27. The summed E-state index contributed by atoms with van der Waals surface area (Å²) in [4.78, 5) is 18.5. The van der Waals surface area contributed by atoms with Crippen LogP contribution in [0.2, 0.25) is 0 Å². The topological polar surface area (TPSA) is 72.4 Å². The van der Waals surface area contributed by atoms with Crippen molar-refractivity contribution in [3.63, 3.8) is 0 Å². The van der Waals surface area contributed by atoms with Crippen LogP contribution in [0.15, 0.2) is 54.6 Å². The summed E-state index contributed by atoms with van der Waals surface area (Å²) >= 11 is 0. The van der Waals surface area contributed by atoms with E-state index in [-0.39, 0.29) is 0 Å². The molecule has 0 fully saturated rings. The lowest BCUT2D eigenvalue weighted by atomic mass is 10.0.